The minimum atomic E-state index is -0.721. The second kappa shape index (κ2) is 12.7. The SMILES string of the molecule is C#CCOc1ccc(OCC(O)CNCCc2cc(OC)c(OC)c(OC)c2)c2c1NC(=O)CC2. The van der Waals surface area contributed by atoms with Gasteiger partial charge in [0.25, 0.3) is 0 Å². The van der Waals surface area contributed by atoms with Crippen LogP contribution in [-0.4, -0.2) is 64.8 Å². The molecule has 0 bridgehead atoms. The summed E-state index contributed by atoms with van der Waals surface area (Å²) in [4.78, 5) is 11.9. The van der Waals surface area contributed by atoms with Crippen LogP contribution in [0, 0.1) is 12.3 Å². The van der Waals surface area contributed by atoms with Gasteiger partial charge in [-0.05, 0) is 49.2 Å². The van der Waals surface area contributed by atoms with Crippen LogP contribution in [0.5, 0.6) is 28.7 Å². The van der Waals surface area contributed by atoms with Gasteiger partial charge in [-0.25, -0.2) is 0 Å². The largest absolute Gasteiger partial charge is 0.493 e. The Morgan fingerprint density at radius 1 is 1.06 bits per heavy atom. The van der Waals surface area contributed by atoms with Crippen LogP contribution < -0.4 is 34.3 Å². The molecule has 1 atom stereocenters. The molecule has 0 saturated carbocycles. The average molecular weight is 485 g/mol. The molecule has 0 aromatic heterocycles. The summed E-state index contributed by atoms with van der Waals surface area (Å²) in [7, 11) is 4.73. The van der Waals surface area contributed by atoms with E-state index in [0.717, 1.165) is 11.1 Å². The maximum absolute atomic E-state index is 11.9. The molecule has 2 aromatic carbocycles. The van der Waals surface area contributed by atoms with Crippen LogP contribution >= 0.6 is 0 Å². The predicted octanol–water partition coefficient (Wildman–Crippen LogP) is 2.18. The number of anilines is 1. The van der Waals surface area contributed by atoms with E-state index in [1.165, 1.54) is 0 Å². The van der Waals surface area contributed by atoms with E-state index in [2.05, 4.69) is 16.6 Å². The molecule has 35 heavy (non-hydrogen) atoms. The third-order valence-electron chi connectivity index (χ3n) is 5.54. The Bertz CT molecular complexity index is 1040. The van der Waals surface area contributed by atoms with Gasteiger partial charge in [-0.2, -0.15) is 0 Å². The number of aliphatic hydroxyl groups excluding tert-OH is 1. The first-order chi connectivity index (χ1) is 17.0. The highest BCUT2D eigenvalue weighted by molar-refractivity contribution is 5.96. The van der Waals surface area contributed by atoms with Crippen molar-refractivity contribution in [2.75, 3.05) is 52.9 Å². The monoisotopic (exact) mass is 484 g/mol. The number of aliphatic hydroxyl groups is 1. The standard InChI is InChI=1S/C26H32N2O7/c1-5-12-34-21-8-7-20(19-6-9-24(30)28-25(19)21)35-16-18(29)15-27-11-10-17-13-22(31-2)26(33-4)23(14-17)32-3/h1,7-8,13-14,18,27,29H,6,9-12,15-16H2,2-4H3,(H,28,30). The molecule has 0 spiro atoms. The number of benzene rings is 2. The first kappa shape index (κ1) is 26.0. The van der Waals surface area contributed by atoms with E-state index >= 15 is 0 Å². The molecule has 1 aliphatic rings. The highest BCUT2D eigenvalue weighted by Gasteiger charge is 2.23. The van der Waals surface area contributed by atoms with Crippen molar-refractivity contribution in [3.8, 4) is 41.1 Å². The fraction of sp³-hybridized carbons (Fsp3) is 0.423. The summed E-state index contributed by atoms with van der Waals surface area (Å²) in [6.07, 6.45) is 6.13. The molecular formula is C26H32N2O7. The summed E-state index contributed by atoms with van der Waals surface area (Å²) >= 11 is 0. The fourth-order valence-electron chi connectivity index (χ4n) is 3.83. The van der Waals surface area contributed by atoms with Gasteiger partial charge in [-0.15, -0.1) is 6.42 Å². The molecule has 0 aliphatic carbocycles. The van der Waals surface area contributed by atoms with Gasteiger partial charge in [-0.1, -0.05) is 5.92 Å². The number of hydrogen-bond donors (Lipinski definition) is 3. The number of carbonyl (C=O) groups is 1. The second-order valence-electron chi connectivity index (χ2n) is 7.91. The van der Waals surface area contributed by atoms with Crippen LogP contribution in [0.3, 0.4) is 0 Å². The lowest BCUT2D eigenvalue weighted by Crippen LogP contribution is -2.32. The van der Waals surface area contributed by atoms with E-state index in [1.807, 2.05) is 12.1 Å². The van der Waals surface area contributed by atoms with Crippen molar-refractivity contribution in [3.63, 3.8) is 0 Å². The molecule has 1 amide bonds. The van der Waals surface area contributed by atoms with Crippen molar-refractivity contribution in [1.29, 1.82) is 0 Å². The van der Waals surface area contributed by atoms with Crippen molar-refractivity contribution >= 4 is 11.6 Å². The van der Waals surface area contributed by atoms with Gasteiger partial charge in [-0.3, -0.25) is 4.79 Å². The highest BCUT2D eigenvalue weighted by Crippen LogP contribution is 2.39. The summed E-state index contributed by atoms with van der Waals surface area (Å²) in [6, 6.07) is 7.29. The number of carbonyl (C=O) groups excluding carboxylic acids is 1. The molecule has 3 rings (SSSR count). The van der Waals surface area contributed by atoms with Crippen molar-refractivity contribution < 1.29 is 33.6 Å². The molecule has 9 heteroatoms. The summed E-state index contributed by atoms with van der Waals surface area (Å²) < 4.78 is 27.5. The highest BCUT2D eigenvalue weighted by atomic mass is 16.5. The van der Waals surface area contributed by atoms with Crippen molar-refractivity contribution in [1.82, 2.24) is 5.32 Å². The normalized spacial score (nSPS) is 13.2. The Morgan fingerprint density at radius 3 is 2.43 bits per heavy atom. The lowest BCUT2D eigenvalue weighted by atomic mass is 10.0. The minimum Gasteiger partial charge on any atom is -0.493 e. The number of rotatable bonds is 13. The molecule has 188 valence electrons. The number of nitrogens with one attached hydrogen (secondary N) is 2. The smallest absolute Gasteiger partial charge is 0.224 e. The van der Waals surface area contributed by atoms with Gasteiger partial charge in [0.1, 0.15) is 30.8 Å². The number of ether oxygens (including phenoxy) is 5. The minimum absolute atomic E-state index is 0.0865. The lowest BCUT2D eigenvalue weighted by Gasteiger charge is -2.23. The molecule has 1 unspecified atom stereocenters. The van der Waals surface area contributed by atoms with Gasteiger partial charge < -0.3 is 39.4 Å². The molecule has 2 aromatic rings. The topological polar surface area (TPSA) is 108 Å². The van der Waals surface area contributed by atoms with Gasteiger partial charge in [0.15, 0.2) is 11.5 Å². The predicted molar refractivity (Wildman–Crippen MR) is 132 cm³/mol. The van der Waals surface area contributed by atoms with Gasteiger partial charge >= 0.3 is 0 Å². The Hall–Kier alpha value is -3.61. The van der Waals surface area contributed by atoms with E-state index in [0.29, 0.717) is 66.8 Å². The first-order valence-electron chi connectivity index (χ1n) is 11.3. The average Bonchev–Trinajstić information content (AvgIpc) is 2.88. The van der Waals surface area contributed by atoms with Gasteiger partial charge in [0.05, 0.1) is 27.0 Å². The van der Waals surface area contributed by atoms with Crippen LogP contribution in [0.2, 0.25) is 0 Å². The van der Waals surface area contributed by atoms with E-state index in [-0.39, 0.29) is 19.1 Å². The zero-order chi connectivity index (χ0) is 25.2. The van der Waals surface area contributed by atoms with E-state index in [1.54, 1.807) is 33.5 Å². The Balaban J connectivity index is 1.52. The fourth-order valence-corrected chi connectivity index (χ4v) is 3.83. The van der Waals surface area contributed by atoms with E-state index < -0.39 is 6.10 Å². The molecule has 1 heterocycles. The quantitative estimate of drug-likeness (QED) is 0.293. The maximum atomic E-state index is 11.9. The summed E-state index contributed by atoms with van der Waals surface area (Å²) in [5.74, 6) is 5.19. The second-order valence-corrected chi connectivity index (χ2v) is 7.91. The molecule has 0 radical (unpaired) electrons. The summed E-state index contributed by atoms with van der Waals surface area (Å²) in [5.41, 5.74) is 2.42. The molecular weight excluding hydrogens is 452 g/mol. The number of amides is 1. The van der Waals surface area contributed by atoms with Crippen molar-refractivity contribution in [3.05, 3.63) is 35.4 Å². The Labute approximate surface area is 205 Å². The third kappa shape index (κ3) is 6.72. The zero-order valence-electron chi connectivity index (χ0n) is 20.3. The molecule has 1 aliphatic heterocycles. The zero-order valence-corrected chi connectivity index (χ0v) is 20.3. The maximum Gasteiger partial charge on any atom is 0.224 e. The Kier molecular flexibility index (Phi) is 9.47. The van der Waals surface area contributed by atoms with Crippen molar-refractivity contribution in [2.24, 2.45) is 0 Å². The van der Waals surface area contributed by atoms with Gasteiger partial charge in [0.2, 0.25) is 11.7 Å². The number of fused-ring (bicyclic) bond motifs is 1. The van der Waals surface area contributed by atoms with Crippen LogP contribution in [0.4, 0.5) is 5.69 Å². The van der Waals surface area contributed by atoms with Crippen LogP contribution in [-0.2, 0) is 17.6 Å². The Morgan fingerprint density at radius 2 is 1.77 bits per heavy atom. The molecule has 3 N–H and O–H groups in total. The van der Waals surface area contributed by atoms with Crippen LogP contribution in [0.1, 0.15) is 17.5 Å². The summed E-state index contributed by atoms with van der Waals surface area (Å²) in [5, 5.41) is 16.5. The summed E-state index contributed by atoms with van der Waals surface area (Å²) in [6.45, 7) is 1.19. The van der Waals surface area contributed by atoms with E-state index in [4.69, 9.17) is 30.1 Å². The third-order valence-corrected chi connectivity index (χ3v) is 5.54. The van der Waals surface area contributed by atoms with Crippen LogP contribution in [0.25, 0.3) is 0 Å². The number of terminal acetylenes is 1. The molecule has 9 nitrogen and oxygen atoms in total. The van der Waals surface area contributed by atoms with Crippen molar-refractivity contribution in [2.45, 2.75) is 25.4 Å². The number of hydrogen-bond acceptors (Lipinski definition) is 8. The lowest BCUT2D eigenvalue weighted by molar-refractivity contribution is -0.116. The van der Waals surface area contributed by atoms with Gasteiger partial charge in [0, 0.05) is 18.5 Å². The molecule has 0 fully saturated rings. The van der Waals surface area contributed by atoms with Crippen LogP contribution in [0.15, 0.2) is 24.3 Å². The molecule has 0 saturated heterocycles. The number of methoxy groups -OCH3 is 3. The van der Waals surface area contributed by atoms with E-state index in [9.17, 15) is 9.90 Å². The first-order valence-corrected chi connectivity index (χ1v) is 11.3.